The van der Waals surface area contributed by atoms with E-state index in [1.807, 2.05) is 39.6 Å². The topological polar surface area (TPSA) is 118 Å². The van der Waals surface area contributed by atoms with Crippen molar-refractivity contribution < 1.29 is 18.7 Å². The number of ether oxygens (including phenoxy) is 1. The number of benzene rings is 2. The van der Waals surface area contributed by atoms with Gasteiger partial charge in [0.15, 0.2) is 0 Å². The first-order chi connectivity index (χ1) is 19.3. The summed E-state index contributed by atoms with van der Waals surface area (Å²) < 4.78 is 20.7. The minimum atomic E-state index is -0.511. The molecule has 1 saturated heterocycles. The van der Waals surface area contributed by atoms with Gasteiger partial charge in [0.1, 0.15) is 17.4 Å². The number of carbonyl (C=O) groups is 2. The van der Waals surface area contributed by atoms with Crippen LogP contribution in [0.25, 0.3) is 16.9 Å². The number of carbonyl (C=O) groups excluding carboxylic acids is 2. The van der Waals surface area contributed by atoms with Gasteiger partial charge in [-0.05, 0) is 42.7 Å². The number of hydrogen-bond acceptors (Lipinski definition) is 6. The second-order valence-corrected chi connectivity index (χ2v) is 10.0. The molecule has 0 bridgehead atoms. The summed E-state index contributed by atoms with van der Waals surface area (Å²) in [5.74, 6) is 0.572. The molecule has 3 heterocycles. The Balaban J connectivity index is 1.35. The number of likely N-dealkylation sites (tertiary alicyclic amines) is 1. The number of nitrogens with one attached hydrogen (secondary N) is 1. The fraction of sp³-hybridized carbons (Fsp3) is 0.310. The first kappa shape index (κ1) is 26.9. The number of fused-ring (bicyclic) bond motifs is 1. The van der Waals surface area contributed by atoms with Crippen molar-refractivity contribution in [2.24, 2.45) is 0 Å². The molecule has 0 unspecified atom stereocenters. The van der Waals surface area contributed by atoms with E-state index in [9.17, 15) is 14.0 Å². The van der Waals surface area contributed by atoms with Crippen LogP contribution in [0.3, 0.4) is 0 Å². The third-order valence-electron chi connectivity index (χ3n) is 7.22. The van der Waals surface area contributed by atoms with Crippen molar-refractivity contribution in [2.75, 3.05) is 40.0 Å². The number of hydrogen-bond donors (Lipinski definition) is 2. The van der Waals surface area contributed by atoms with Crippen LogP contribution in [0.4, 0.5) is 15.1 Å². The van der Waals surface area contributed by atoms with Crippen LogP contribution in [-0.4, -0.2) is 70.4 Å². The predicted molar refractivity (Wildman–Crippen MR) is 150 cm³/mol. The maximum atomic E-state index is 13.7. The number of urea groups is 1. The molecule has 5 rings (SSSR count). The summed E-state index contributed by atoms with van der Waals surface area (Å²) in [5, 5.41) is 2.81. The van der Waals surface area contributed by atoms with E-state index in [2.05, 4.69) is 10.3 Å². The lowest BCUT2D eigenvalue weighted by Crippen LogP contribution is -2.43. The maximum absolute atomic E-state index is 13.7. The smallest absolute Gasteiger partial charge is 0.319 e. The van der Waals surface area contributed by atoms with Crippen molar-refractivity contribution >= 4 is 23.4 Å². The van der Waals surface area contributed by atoms with Crippen molar-refractivity contribution in [1.29, 1.82) is 0 Å². The Bertz CT molecular complexity index is 1540. The minimum absolute atomic E-state index is 0.0219. The summed E-state index contributed by atoms with van der Waals surface area (Å²) in [6, 6.07) is 13.4. The van der Waals surface area contributed by atoms with E-state index in [1.54, 1.807) is 25.2 Å². The number of nitrogens with zero attached hydrogens (tertiary/aromatic N) is 5. The predicted octanol–water partition coefficient (Wildman–Crippen LogP) is 3.92. The molecule has 40 heavy (non-hydrogen) atoms. The Morgan fingerprint density at radius 2 is 1.85 bits per heavy atom. The van der Waals surface area contributed by atoms with Crippen LogP contribution in [0.5, 0.6) is 5.75 Å². The van der Waals surface area contributed by atoms with Gasteiger partial charge in [0.25, 0.3) is 5.91 Å². The molecule has 3 amide bonds. The fourth-order valence-electron chi connectivity index (χ4n) is 5.11. The Kier molecular flexibility index (Phi) is 7.54. The number of imidazole rings is 1. The zero-order chi connectivity index (χ0) is 28.4. The molecule has 1 aliphatic heterocycles. The molecule has 0 aliphatic carbocycles. The Morgan fingerprint density at radius 1 is 1.12 bits per heavy atom. The van der Waals surface area contributed by atoms with Gasteiger partial charge in [-0.2, -0.15) is 0 Å². The molecule has 0 radical (unpaired) electrons. The molecule has 0 saturated carbocycles. The monoisotopic (exact) mass is 545 g/mol. The number of amides is 3. The van der Waals surface area contributed by atoms with Crippen LogP contribution in [0.15, 0.2) is 54.7 Å². The van der Waals surface area contributed by atoms with E-state index in [1.165, 1.54) is 19.2 Å². The lowest BCUT2D eigenvalue weighted by Gasteiger charge is -2.33. The van der Waals surface area contributed by atoms with E-state index in [4.69, 9.17) is 15.5 Å². The summed E-state index contributed by atoms with van der Waals surface area (Å²) in [7, 11) is 4.96. The summed E-state index contributed by atoms with van der Waals surface area (Å²) in [4.78, 5) is 37.8. The summed E-state index contributed by atoms with van der Waals surface area (Å²) in [6.07, 6.45) is 3.30. The molecular formula is C29H32FN7O3. The quantitative estimate of drug-likeness (QED) is 0.379. The molecule has 3 N–H and O–H groups in total. The molecular weight excluding hydrogens is 513 g/mol. The third kappa shape index (κ3) is 5.27. The fourth-order valence-corrected chi connectivity index (χ4v) is 5.11. The molecule has 1 fully saturated rings. The first-order valence-corrected chi connectivity index (χ1v) is 13.1. The van der Waals surface area contributed by atoms with Crippen LogP contribution in [0.2, 0.25) is 0 Å². The Morgan fingerprint density at radius 3 is 2.52 bits per heavy atom. The van der Waals surface area contributed by atoms with E-state index < -0.39 is 11.7 Å². The number of anilines is 1. The SMILES string of the molecule is COc1ccc(F)cc1C(=O)NCc1ccc(-c2nc(C3CCN(C(=O)N(C)C)CC3)c3ccnc(N)n23)cc1. The summed E-state index contributed by atoms with van der Waals surface area (Å²) in [5.41, 5.74) is 9.99. The third-order valence-corrected chi connectivity index (χ3v) is 7.22. The Hall–Kier alpha value is -4.67. The molecule has 208 valence electrons. The highest BCUT2D eigenvalue weighted by Crippen LogP contribution is 2.34. The molecule has 11 heteroatoms. The summed E-state index contributed by atoms with van der Waals surface area (Å²) >= 11 is 0. The zero-order valence-electron chi connectivity index (χ0n) is 22.7. The molecule has 10 nitrogen and oxygen atoms in total. The van der Waals surface area contributed by atoms with Crippen molar-refractivity contribution in [1.82, 2.24) is 29.5 Å². The second kappa shape index (κ2) is 11.2. The number of nitrogen functional groups attached to an aromatic ring is 1. The molecule has 0 atom stereocenters. The van der Waals surface area contributed by atoms with Gasteiger partial charge in [-0.15, -0.1) is 0 Å². The van der Waals surface area contributed by atoms with Crippen LogP contribution in [-0.2, 0) is 6.54 Å². The standard InChI is InChI=1S/C29H32FN7O3/c1-35(2)29(39)36-14-11-19(12-15-36)25-23-10-13-32-28(31)37(23)26(34-25)20-6-4-18(5-7-20)17-33-27(38)22-16-21(30)8-9-24(22)40-3/h4-10,13,16,19H,11-12,14-15,17H2,1-3H3,(H2,31,32)(H,33,38). The number of rotatable bonds is 6. The lowest BCUT2D eigenvalue weighted by atomic mass is 9.93. The molecule has 4 aromatic rings. The number of nitrogens with two attached hydrogens (primary N) is 1. The van der Waals surface area contributed by atoms with E-state index in [0.29, 0.717) is 30.6 Å². The van der Waals surface area contributed by atoms with E-state index in [-0.39, 0.29) is 24.1 Å². The van der Waals surface area contributed by atoms with Crippen molar-refractivity contribution in [2.45, 2.75) is 25.3 Å². The van der Waals surface area contributed by atoms with Crippen LogP contribution < -0.4 is 15.8 Å². The van der Waals surface area contributed by atoms with Gasteiger partial charge in [0, 0.05) is 51.4 Å². The van der Waals surface area contributed by atoms with Gasteiger partial charge in [-0.25, -0.2) is 19.2 Å². The van der Waals surface area contributed by atoms with Gasteiger partial charge >= 0.3 is 6.03 Å². The molecule has 1 aliphatic rings. The maximum Gasteiger partial charge on any atom is 0.319 e. The van der Waals surface area contributed by atoms with Gasteiger partial charge in [0.05, 0.1) is 23.9 Å². The zero-order valence-corrected chi connectivity index (χ0v) is 22.7. The van der Waals surface area contributed by atoms with Crippen LogP contribution in [0, 0.1) is 5.82 Å². The van der Waals surface area contributed by atoms with Gasteiger partial charge in [-0.3, -0.25) is 9.20 Å². The first-order valence-electron chi connectivity index (χ1n) is 13.1. The average Bonchev–Trinajstić information content (AvgIpc) is 3.37. The van der Waals surface area contributed by atoms with Crippen molar-refractivity contribution in [3.63, 3.8) is 0 Å². The largest absolute Gasteiger partial charge is 0.496 e. The highest BCUT2D eigenvalue weighted by atomic mass is 19.1. The van der Waals surface area contributed by atoms with Crippen molar-refractivity contribution in [3.05, 3.63) is 77.4 Å². The number of aromatic nitrogens is 3. The van der Waals surface area contributed by atoms with E-state index in [0.717, 1.165) is 41.2 Å². The lowest BCUT2D eigenvalue weighted by molar-refractivity contribution is 0.0947. The molecule has 2 aromatic carbocycles. The second-order valence-electron chi connectivity index (χ2n) is 10.0. The number of piperidine rings is 1. The van der Waals surface area contributed by atoms with Gasteiger partial charge in [0.2, 0.25) is 5.95 Å². The number of halogens is 1. The molecule has 0 spiro atoms. The normalized spacial score (nSPS) is 13.8. The van der Waals surface area contributed by atoms with Gasteiger partial charge < -0.3 is 25.6 Å². The minimum Gasteiger partial charge on any atom is -0.496 e. The van der Waals surface area contributed by atoms with Crippen LogP contribution >= 0.6 is 0 Å². The average molecular weight is 546 g/mol. The number of methoxy groups -OCH3 is 1. The van der Waals surface area contributed by atoms with Crippen LogP contribution in [0.1, 0.15) is 40.4 Å². The van der Waals surface area contributed by atoms with Gasteiger partial charge in [-0.1, -0.05) is 24.3 Å². The summed E-state index contributed by atoms with van der Waals surface area (Å²) in [6.45, 7) is 1.58. The Labute approximate surface area is 231 Å². The van der Waals surface area contributed by atoms with E-state index >= 15 is 0 Å². The van der Waals surface area contributed by atoms with Crippen molar-refractivity contribution in [3.8, 4) is 17.1 Å². The highest BCUT2D eigenvalue weighted by Gasteiger charge is 2.28. The highest BCUT2D eigenvalue weighted by molar-refractivity contribution is 5.96. The molecule has 2 aromatic heterocycles.